The molecule has 2 aromatic rings. The molecule has 1 aliphatic carbocycles. The molecular formula is C27H35N3O4S. The first-order valence-electron chi connectivity index (χ1n) is 12.0. The van der Waals surface area contributed by atoms with Crippen molar-refractivity contribution in [3.05, 3.63) is 59.2 Å². The predicted molar refractivity (Wildman–Crippen MR) is 141 cm³/mol. The number of benzene rings is 2. The smallest absolute Gasteiger partial charge is 0.243 e. The zero-order valence-electron chi connectivity index (χ0n) is 20.9. The SMILES string of the molecule is Cc1ccc(NC(=O)C[S@](=O)CC(=O)N(c2ccc(C)cc2C)[C@@H](C)C(=O)NC2CCCC2)cc1. The number of anilines is 2. The zero-order chi connectivity index (χ0) is 25.5. The summed E-state index contributed by atoms with van der Waals surface area (Å²) in [6.45, 7) is 7.48. The molecule has 3 rings (SSSR count). The largest absolute Gasteiger partial charge is 0.352 e. The fraction of sp³-hybridized carbons (Fsp3) is 0.444. The molecule has 0 aromatic heterocycles. The van der Waals surface area contributed by atoms with E-state index in [1.54, 1.807) is 19.1 Å². The number of nitrogens with one attached hydrogen (secondary N) is 2. The van der Waals surface area contributed by atoms with E-state index in [1.807, 2.05) is 51.1 Å². The highest BCUT2D eigenvalue weighted by Crippen LogP contribution is 2.25. The van der Waals surface area contributed by atoms with E-state index in [9.17, 15) is 18.6 Å². The van der Waals surface area contributed by atoms with Gasteiger partial charge in [0.05, 0.1) is 0 Å². The van der Waals surface area contributed by atoms with Gasteiger partial charge in [0.1, 0.15) is 17.5 Å². The summed E-state index contributed by atoms with van der Waals surface area (Å²) < 4.78 is 12.8. The molecule has 0 bridgehead atoms. The van der Waals surface area contributed by atoms with Crippen LogP contribution in [-0.2, 0) is 25.2 Å². The Kier molecular flexibility index (Phi) is 9.20. The predicted octanol–water partition coefficient (Wildman–Crippen LogP) is 3.78. The van der Waals surface area contributed by atoms with Crippen LogP contribution in [-0.4, -0.2) is 45.5 Å². The molecule has 2 aromatic carbocycles. The van der Waals surface area contributed by atoms with Crippen molar-refractivity contribution in [2.75, 3.05) is 21.7 Å². The standard InChI is InChI=1S/C27H35N3O4S/c1-18-9-12-23(13-10-18)28-25(31)16-35(34)17-26(32)30(24-14-11-19(2)15-20(24)3)21(4)27(33)29-22-7-5-6-8-22/h9-15,21-22H,5-8,16-17H2,1-4H3,(H,28,31)(H,29,33)/t21-,35-/m0/s1. The molecule has 2 N–H and O–H groups in total. The number of hydrogen-bond donors (Lipinski definition) is 2. The van der Waals surface area contributed by atoms with Crippen LogP contribution in [0, 0.1) is 20.8 Å². The highest BCUT2D eigenvalue weighted by molar-refractivity contribution is 7.86. The maximum atomic E-state index is 13.4. The third-order valence-electron chi connectivity index (χ3n) is 6.26. The lowest BCUT2D eigenvalue weighted by Gasteiger charge is -2.31. The van der Waals surface area contributed by atoms with Gasteiger partial charge >= 0.3 is 0 Å². The molecule has 0 aliphatic heterocycles. The number of hydrogen-bond acceptors (Lipinski definition) is 4. The van der Waals surface area contributed by atoms with E-state index in [2.05, 4.69) is 10.6 Å². The molecule has 1 aliphatic rings. The van der Waals surface area contributed by atoms with E-state index in [1.165, 1.54) is 4.90 Å². The maximum absolute atomic E-state index is 13.4. The lowest BCUT2D eigenvalue weighted by Crippen LogP contribution is -2.51. The van der Waals surface area contributed by atoms with Gasteiger partial charge in [-0.05, 0) is 64.3 Å². The van der Waals surface area contributed by atoms with Crippen LogP contribution in [0.25, 0.3) is 0 Å². The molecule has 3 amide bonds. The van der Waals surface area contributed by atoms with Gasteiger partial charge in [-0.25, -0.2) is 0 Å². The second-order valence-electron chi connectivity index (χ2n) is 9.36. The number of aryl methyl sites for hydroxylation is 3. The summed E-state index contributed by atoms with van der Waals surface area (Å²) in [4.78, 5) is 40.2. The Hall–Kier alpha value is -3.00. The Morgan fingerprint density at radius 3 is 2.23 bits per heavy atom. The molecule has 0 heterocycles. The van der Waals surface area contributed by atoms with Crippen LogP contribution in [0.5, 0.6) is 0 Å². The second kappa shape index (κ2) is 12.1. The van der Waals surface area contributed by atoms with Gasteiger partial charge in [0.15, 0.2) is 0 Å². The third-order valence-corrected chi connectivity index (χ3v) is 7.41. The van der Waals surface area contributed by atoms with Crippen molar-refractivity contribution in [2.24, 2.45) is 0 Å². The van der Waals surface area contributed by atoms with Gasteiger partial charge in [0.2, 0.25) is 17.7 Å². The molecule has 1 fully saturated rings. The minimum absolute atomic E-state index is 0.126. The first kappa shape index (κ1) is 26.6. The number of rotatable bonds is 9. The Balaban J connectivity index is 1.71. The van der Waals surface area contributed by atoms with Crippen molar-refractivity contribution in [1.82, 2.24) is 5.32 Å². The van der Waals surface area contributed by atoms with Gasteiger partial charge in [0, 0.05) is 28.2 Å². The van der Waals surface area contributed by atoms with Crippen molar-refractivity contribution in [3.63, 3.8) is 0 Å². The number of carbonyl (C=O) groups excluding carboxylic acids is 3. The highest BCUT2D eigenvalue weighted by atomic mass is 32.2. The summed E-state index contributed by atoms with van der Waals surface area (Å²) in [5, 5.41) is 5.77. The normalized spacial score (nSPS) is 15.3. The molecule has 188 valence electrons. The minimum Gasteiger partial charge on any atom is -0.352 e. The van der Waals surface area contributed by atoms with Crippen LogP contribution in [0.3, 0.4) is 0 Å². The molecule has 7 nitrogen and oxygen atoms in total. The van der Waals surface area contributed by atoms with Crippen molar-refractivity contribution in [1.29, 1.82) is 0 Å². The molecule has 8 heteroatoms. The highest BCUT2D eigenvalue weighted by Gasteiger charge is 2.31. The lowest BCUT2D eigenvalue weighted by molar-refractivity contribution is -0.125. The van der Waals surface area contributed by atoms with Crippen LogP contribution >= 0.6 is 0 Å². The van der Waals surface area contributed by atoms with Crippen LogP contribution in [0.1, 0.15) is 49.3 Å². The molecular weight excluding hydrogens is 462 g/mol. The van der Waals surface area contributed by atoms with Crippen LogP contribution < -0.4 is 15.5 Å². The molecule has 0 unspecified atom stereocenters. The minimum atomic E-state index is -1.73. The van der Waals surface area contributed by atoms with Gasteiger partial charge in [0.25, 0.3) is 0 Å². The van der Waals surface area contributed by atoms with E-state index in [0.717, 1.165) is 42.4 Å². The van der Waals surface area contributed by atoms with Crippen LogP contribution in [0.2, 0.25) is 0 Å². The van der Waals surface area contributed by atoms with Crippen molar-refractivity contribution >= 4 is 39.9 Å². The quantitative estimate of drug-likeness (QED) is 0.551. The Morgan fingerprint density at radius 1 is 0.971 bits per heavy atom. The number of carbonyl (C=O) groups is 3. The second-order valence-corrected chi connectivity index (χ2v) is 10.8. The topological polar surface area (TPSA) is 95.6 Å². The van der Waals surface area contributed by atoms with Crippen LogP contribution in [0.15, 0.2) is 42.5 Å². The van der Waals surface area contributed by atoms with Gasteiger partial charge in [-0.2, -0.15) is 0 Å². The Bertz CT molecular complexity index is 1090. The van der Waals surface area contributed by atoms with E-state index in [4.69, 9.17) is 0 Å². The van der Waals surface area contributed by atoms with E-state index in [-0.39, 0.29) is 23.5 Å². The van der Waals surface area contributed by atoms with E-state index < -0.39 is 28.7 Å². The van der Waals surface area contributed by atoms with Crippen molar-refractivity contribution < 1.29 is 18.6 Å². The van der Waals surface area contributed by atoms with E-state index in [0.29, 0.717) is 11.4 Å². The molecule has 35 heavy (non-hydrogen) atoms. The van der Waals surface area contributed by atoms with Crippen molar-refractivity contribution in [2.45, 2.75) is 65.5 Å². The average Bonchev–Trinajstić information content (AvgIpc) is 3.29. The summed E-state index contributed by atoms with van der Waals surface area (Å²) in [7, 11) is -1.73. The molecule has 0 spiro atoms. The van der Waals surface area contributed by atoms with Gasteiger partial charge in [-0.1, -0.05) is 48.2 Å². The third kappa shape index (κ3) is 7.49. The average molecular weight is 498 g/mol. The van der Waals surface area contributed by atoms with Gasteiger partial charge in [-0.3, -0.25) is 23.5 Å². The molecule has 0 radical (unpaired) electrons. The zero-order valence-corrected chi connectivity index (χ0v) is 21.7. The Morgan fingerprint density at radius 2 is 1.60 bits per heavy atom. The Labute approximate surface area is 210 Å². The lowest BCUT2D eigenvalue weighted by atomic mass is 10.1. The summed E-state index contributed by atoms with van der Waals surface area (Å²) >= 11 is 0. The molecule has 0 saturated heterocycles. The fourth-order valence-electron chi connectivity index (χ4n) is 4.38. The summed E-state index contributed by atoms with van der Waals surface area (Å²) in [6.07, 6.45) is 4.05. The maximum Gasteiger partial charge on any atom is 0.243 e. The molecule has 1 saturated carbocycles. The number of amides is 3. The summed E-state index contributed by atoms with van der Waals surface area (Å²) in [5.41, 5.74) is 4.17. The first-order chi connectivity index (χ1) is 16.6. The number of nitrogens with zero attached hydrogens (tertiary/aromatic N) is 1. The van der Waals surface area contributed by atoms with Gasteiger partial charge in [-0.15, -0.1) is 0 Å². The van der Waals surface area contributed by atoms with Crippen LogP contribution in [0.4, 0.5) is 11.4 Å². The van der Waals surface area contributed by atoms with Gasteiger partial charge < -0.3 is 10.6 Å². The first-order valence-corrected chi connectivity index (χ1v) is 13.5. The monoisotopic (exact) mass is 497 g/mol. The summed E-state index contributed by atoms with van der Waals surface area (Å²) in [6, 6.07) is 12.3. The molecule has 2 atom stereocenters. The summed E-state index contributed by atoms with van der Waals surface area (Å²) in [5.74, 6) is -1.76. The van der Waals surface area contributed by atoms with E-state index >= 15 is 0 Å². The van der Waals surface area contributed by atoms with Crippen molar-refractivity contribution in [3.8, 4) is 0 Å². The fourth-order valence-corrected chi connectivity index (χ4v) is 5.26.